The molecule has 4 nitrogen and oxygen atoms in total. The summed E-state index contributed by atoms with van der Waals surface area (Å²) in [6.07, 6.45) is 0.842. The Morgan fingerprint density at radius 3 is 2.38 bits per heavy atom. The van der Waals surface area contributed by atoms with Crippen LogP contribution in [0, 0.1) is 11.8 Å². The minimum atomic E-state index is 0.569. The minimum Gasteiger partial charge on any atom is -0.425 e. The van der Waals surface area contributed by atoms with Crippen LogP contribution in [-0.2, 0) is 6.42 Å². The molecular weight excluding hydrogens is 202 g/mol. The summed E-state index contributed by atoms with van der Waals surface area (Å²) in [6, 6.07) is 0. The molecule has 1 saturated carbocycles. The molecule has 1 saturated heterocycles. The van der Waals surface area contributed by atoms with Gasteiger partial charge in [-0.25, -0.2) is 0 Å². The molecular formula is C12H21N3O. The molecule has 0 spiro atoms. The zero-order valence-corrected chi connectivity index (χ0v) is 10.6. The van der Waals surface area contributed by atoms with Crippen molar-refractivity contribution in [1.82, 2.24) is 15.1 Å². The lowest BCUT2D eigenvalue weighted by Gasteiger charge is -2.10. The minimum absolute atomic E-state index is 0.569. The van der Waals surface area contributed by atoms with E-state index >= 15 is 0 Å². The van der Waals surface area contributed by atoms with Crippen LogP contribution in [0.1, 0.15) is 38.5 Å². The predicted octanol–water partition coefficient (Wildman–Crippen LogP) is 1.93. The number of aryl methyl sites for hydroxylation is 1. The standard InChI is InChI=1S/C10H15N3O.C2H6/c1-3-8-11-12-10(14-8)9-6-4-13(2)5-7(6)9;1-2/h6-7,9H,3-5H2,1-2H3;1-2H3. The molecule has 1 aliphatic heterocycles. The van der Waals surface area contributed by atoms with Crippen molar-refractivity contribution in [3.63, 3.8) is 0 Å². The van der Waals surface area contributed by atoms with E-state index in [0.29, 0.717) is 5.92 Å². The van der Waals surface area contributed by atoms with E-state index in [4.69, 9.17) is 4.42 Å². The van der Waals surface area contributed by atoms with Crippen molar-refractivity contribution >= 4 is 0 Å². The first-order valence-corrected chi connectivity index (χ1v) is 6.30. The first-order chi connectivity index (χ1) is 7.79. The van der Waals surface area contributed by atoms with Crippen molar-refractivity contribution in [2.24, 2.45) is 11.8 Å². The number of aromatic nitrogens is 2. The van der Waals surface area contributed by atoms with E-state index in [2.05, 4.69) is 22.1 Å². The van der Waals surface area contributed by atoms with Gasteiger partial charge in [0.1, 0.15) is 0 Å². The lowest BCUT2D eigenvalue weighted by molar-refractivity contribution is 0.344. The van der Waals surface area contributed by atoms with Gasteiger partial charge in [-0.1, -0.05) is 20.8 Å². The molecule has 90 valence electrons. The normalized spacial score (nSPS) is 31.9. The summed E-state index contributed by atoms with van der Waals surface area (Å²) >= 11 is 0. The van der Waals surface area contributed by atoms with E-state index in [1.807, 2.05) is 20.8 Å². The Hall–Kier alpha value is -0.900. The van der Waals surface area contributed by atoms with Crippen molar-refractivity contribution in [1.29, 1.82) is 0 Å². The third kappa shape index (κ3) is 1.86. The van der Waals surface area contributed by atoms with E-state index in [1.54, 1.807) is 0 Å². The third-order valence-corrected chi connectivity index (χ3v) is 3.45. The Kier molecular flexibility index (Phi) is 3.28. The Balaban J connectivity index is 0.000000457. The largest absolute Gasteiger partial charge is 0.425 e. The summed E-state index contributed by atoms with van der Waals surface area (Å²) in [5, 5.41) is 8.13. The van der Waals surface area contributed by atoms with Crippen LogP contribution >= 0.6 is 0 Å². The van der Waals surface area contributed by atoms with Crippen LogP contribution < -0.4 is 0 Å². The second-order valence-electron chi connectivity index (χ2n) is 4.46. The smallest absolute Gasteiger partial charge is 0.220 e. The average Bonchev–Trinajstić information content (AvgIpc) is 2.75. The molecule has 3 rings (SSSR count). The molecule has 2 unspecified atom stereocenters. The van der Waals surface area contributed by atoms with Gasteiger partial charge in [0.05, 0.1) is 0 Å². The fourth-order valence-corrected chi connectivity index (χ4v) is 2.65. The Labute approximate surface area is 97.0 Å². The maximum absolute atomic E-state index is 5.59. The summed E-state index contributed by atoms with van der Waals surface area (Å²) in [4.78, 5) is 2.38. The van der Waals surface area contributed by atoms with Gasteiger partial charge in [0.15, 0.2) is 0 Å². The highest BCUT2D eigenvalue weighted by molar-refractivity contribution is 5.17. The van der Waals surface area contributed by atoms with Gasteiger partial charge in [-0.15, -0.1) is 10.2 Å². The molecule has 2 atom stereocenters. The van der Waals surface area contributed by atoms with Crippen molar-refractivity contribution in [2.45, 2.75) is 33.1 Å². The van der Waals surface area contributed by atoms with Crippen LogP contribution in [0.3, 0.4) is 0 Å². The number of likely N-dealkylation sites (tertiary alicyclic amines) is 1. The Bertz CT molecular complexity index is 338. The van der Waals surface area contributed by atoms with E-state index in [0.717, 1.165) is 30.0 Å². The van der Waals surface area contributed by atoms with E-state index in [9.17, 15) is 0 Å². The number of piperidine rings is 1. The summed E-state index contributed by atoms with van der Waals surface area (Å²) in [6.45, 7) is 8.43. The SMILES string of the molecule is CC.CCc1nnc(C2C3CN(C)CC32)o1. The Morgan fingerprint density at radius 2 is 1.88 bits per heavy atom. The second kappa shape index (κ2) is 4.53. The van der Waals surface area contributed by atoms with Crippen LogP contribution in [0.4, 0.5) is 0 Å². The topological polar surface area (TPSA) is 42.2 Å². The van der Waals surface area contributed by atoms with Crippen molar-refractivity contribution < 1.29 is 4.42 Å². The summed E-state index contributed by atoms with van der Waals surface area (Å²) in [7, 11) is 2.18. The Morgan fingerprint density at radius 1 is 1.25 bits per heavy atom. The molecule has 1 aromatic heterocycles. The van der Waals surface area contributed by atoms with Gasteiger partial charge in [0.2, 0.25) is 11.8 Å². The first-order valence-electron chi connectivity index (χ1n) is 6.30. The summed E-state index contributed by atoms with van der Waals surface area (Å²) < 4.78 is 5.59. The molecule has 4 heteroatoms. The van der Waals surface area contributed by atoms with Gasteiger partial charge in [-0.2, -0.15) is 0 Å². The van der Waals surface area contributed by atoms with Crippen molar-refractivity contribution in [3.05, 3.63) is 11.8 Å². The van der Waals surface area contributed by atoms with E-state index in [1.165, 1.54) is 13.1 Å². The van der Waals surface area contributed by atoms with Crippen molar-refractivity contribution in [3.8, 4) is 0 Å². The molecule has 1 aliphatic carbocycles. The van der Waals surface area contributed by atoms with E-state index in [-0.39, 0.29) is 0 Å². The van der Waals surface area contributed by atoms with Gasteiger partial charge >= 0.3 is 0 Å². The molecule has 2 heterocycles. The fourth-order valence-electron chi connectivity index (χ4n) is 2.65. The molecule has 1 aromatic rings. The number of hydrogen-bond acceptors (Lipinski definition) is 4. The number of nitrogens with zero attached hydrogens (tertiary/aromatic N) is 3. The molecule has 0 radical (unpaired) electrons. The molecule has 0 N–H and O–H groups in total. The lowest BCUT2D eigenvalue weighted by Crippen LogP contribution is -2.18. The first kappa shape index (κ1) is 11.6. The van der Waals surface area contributed by atoms with Crippen LogP contribution in [0.5, 0.6) is 0 Å². The van der Waals surface area contributed by atoms with E-state index < -0.39 is 0 Å². The number of fused-ring (bicyclic) bond motifs is 1. The zero-order chi connectivity index (χ0) is 11.7. The maximum atomic E-state index is 5.59. The highest BCUT2D eigenvalue weighted by Crippen LogP contribution is 2.57. The molecule has 16 heavy (non-hydrogen) atoms. The second-order valence-corrected chi connectivity index (χ2v) is 4.46. The molecule has 0 aromatic carbocycles. The molecule has 0 bridgehead atoms. The van der Waals surface area contributed by atoms with Gasteiger partial charge < -0.3 is 9.32 Å². The fraction of sp³-hybridized carbons (Fsp3) is 0.833. The zero-order valence-electron chi connectivity index (χ0n) is 10.6. The monoisotopic (exact) mass is 223 g/mol. The predicted molar refractivity (Wildman–Crippen MR) is 62.2 cm³/mol. The van der Waals surface area contributed by atoms with Gasteiger partial charge in [-0.3, -0.25) is 0 Å². The maximum Gasteiger partial charge on any atom is 0.220 e. The van der Waals surface area contributed by atoms with Crippen LogP contribution in [0.25, 0.3) is 0 Å². The van der Waals surface area contributed by atoms with Crippen LogP contribution in [0.2, 0.25) is 0 Å². The highest BCUT2D eigenvalue weighted by Gasteiger charge is 2.58. The van der Waals surface area contributed by atoms with Gasteiger partial charge in [0, 0.05) is 25.4 Å². The highest BCUT2D eigenvalue weighted by atomic mass is 16.4. The summed E-state index contributed by atoms with van der Waals surface area (Å²) in [5.74, 6) is 3.79. The van der Waals surface area contributed by atoms with Gasteiger partial charge in [0.25, 0.3) is 0 Å². The van der Waals surface area contributed by atoms with Crippen LogP contribution in [0.15, 0.2) is 4.42 Å². The van der Waals surface area contributed by atoms with Gasteiger partial charge in [-0.05, 0) is 18.9 Å². The number of hydrogen-bond donors (Lipinski definition) is 0. The quantitative estimate of drug-likeness (QED) is 0.768. The number of rotatable bonds is 2. The molecule has 2 aliphatic rings. The summed E-state index contributed by atoms with van der Waals surface area (Å²) in [5.41, 5.74) is 0. The molecule has 2 fully saturated rings. The van der Waals surface area contributed by atoms with Crippen LogP contribution in [-0.4, -0.2) is 35.2 Å². The lowest BCUT2D eigenvalue weighted by atomic mass is 10.3. The average molecular weight is 223 g/mol. The van der Waals surface area contributed by atoms with Crippen molar-refractivity contribution in [2.75, 3.05) is 20.1 Å². The third-order valence-electron chi connectivity index (χ3n) is 3.45. The molecule has 0 amide bonds.